The predicted molar refractivity (Wildman–Crippen MR) is 95.5 cm³/mol. The first kappa shape index (κ1) is 17.9. The molecule has 0 saturated carbocycles. The number of ether oxygens (including phenoxy) is 2. The van der Waals surface area contributed by atoms with Crippen LogP contribution in [0.1, 0.15) is 13.8 Å². The van der Waals surface area contributed by atoms with Crippen LogP contribution in [0.3, 0.4) is 0 Å². The molecule has 2 bridgehead atoms. The van der Waals surface area contributed by atoms with Gasteiger partial charge in [0.1, 0.15) is 5.60 Å². The number of carbonyl (C=O) groups excluding carboxylic acids is 2. The van der Waals surface area contributed by atoms with Crippen LogP contribution in [-0.2, 0) is 19.1 Å². The second-order valence-electron chi connectivity index (χ2n) is 7.62. The molecule has 26 heavy (non-hydrogen) atoms. The summed E-state index contributed by atoms with van der Waals surface area (Å²) < 4.78 is 11.6. The largest absolute Gasteiger partial charge is 0.380 e. The summed E-state index contributed by atoms with van der Waals surface area (Å²) in [6, 6.07) is 0. The van der Waals surface area contributed by atoms with Gasteiger partial charge in [-0.25, -0.2) is 0 Å². The fourth-order valence-electron chi connectivity index (χ4n) is 4.86. The van der Waals surface area contributed by atoms with Crippen molar-refractivity contribution in [1.82, 2.24) is 14.7 Å². The third kappa shape index (κ3) is 2.77. The first-order chi connectivity index (χ1) is 12.6. The number of rotatable bonds is 6. The normalized spacial score (nSPS) is 36.2. The maximum atomic E-state index is 13.2. The minimum Gasteiger partial charge on any atom is -0.380 e. The van der Waals surface area contributed by atoms with Crippen molar-refractivity contribution in [3.63, 3.8) is 0 Å². The number of carbonyl (C=O) groups is 2. The summed E-state index contributed by atoms with van der Waals surface area (Å²) >= 11 is 0. The Bertz CT molecular complexity index is 602. The Morgan fingerprint density at radius 1 is 1.31 bits per heavy atom. The van der Waals surface area contributed by atoms with E-state index < -0.39 is 5.60 Å². The number of likely N-dealkylation sites (N-methyl/N-ethyl adjacent to an activating group) is 1. The van der Waals surface area contributed by atoms with Gasteiger partial charge in [0.05, 0.1) is 31.1 Å². The van der Waals surface area contributed by atoms with Crippen LogP contribution in [0.5, 0.6) is 0 Å². The molecule has 4 unspecified atom stereocenters. The molecular formula is C19H29N3O4. The molecule has 0 radical (unpaired) electrons. The van der Waals surface area contributed by atoms with Gasteiger partial charge in [-0.2, -0.15) is 0 Å². The van der Waals surface area contributed by atoms with Gasteiger partial charge in [-0.05, 0) is 13.5 Å². The lowest BCUT2D eigenvalue weighted by Gasteiger charge is -2.37. The van der Waals surface area contributed by atoms with Gasteiger partial charge in [-0.1, -0.05) is 19.1 Å². The Kier molecular flexibility index (Phi) is 4.79. The second-order valence-corrected chi connectivity index (χ2v) is 7.62. The van der Waals surface area contributed by atoms with Gasteiger partial charge in [0.25, 0.3) is 0 Å². The van der Waals surface area contributed by atoms with E-state index in [1.807, 2.05) is 28.9 Å². The lowest BCUT2D eigenvalue weighted by atomic mass is 9.76. The fraction of sp³-hybridized carbons (Fsp3) is 0.789. The van der Waals surface area contributed by atoms with E-state index in [-0.39, 0.29) is 29.8 Å². The highest BCUT2D eigenvalue weighted by atomic mass is 16.5. The van der Waals surface area contributed by atoms with Gasteiger partial charge in [0.2, 0.25) is 11.8 Å². The molecule has 0 aliphatic carbocycles. The first-order valence-corrected chi connectivity index (χ1v) is 9.84. The van der Waals surface area contributed by atoms with Crippen LogP contribution in [0.4, 0.5) is 0 Å². The number of nitrogens with zero attached hydrogens (tertiary/aromatic N) is 3. The average Bonchev–Trinajstić information content (AvgIpc) is 3.30. The van der Waals surface area contributed by atoms with Crippen LogP contribution in [-0.4, -0.2) is 97.2 Å². The van der Waals surface area contributed by atoms with E-state index in [4.69, 9.17) is 9.47 Å². The van der Waals surface area contributed by atoms with Gasteiger partial charge in [-0.15, -0.1) is 0 Å². The SMILES string of the molecule is CCOCCN1CC23C=CC(O2)C(C(=O)N2CCN(CC)CC2)C3C1=O. The molecular weight excluding hydrogens is 334 g/mol. The molecule has 3 fully saturated rings. The maximum absolute atomic E-state index is 13.2. The molecule has 7 heteroatoms. The van der Waals surface area contributed by atoms with E-state index in [0.717, 1.165) is 32.7 Å². The highest BCUT2D eigenvalue weighted by Crippen LogP contribution is 2.52. The van der Waals surface area contributed by atoms with E-state index in [1.54, 1.807) is 0 Å². The number of piperazine rings is 1. The smallest absolute Gasteiger partial charge is 0.230 e. The number of amides is 2. The van der Waals surface area contributed by atoms with Gasteiger partial charge < -0.3 is 24.2 Å². The van der Waals surface area contributed by atoms with E-state index >= 15 is 0 Å². The Balaban J connectivity index is 1.47. The van der Waals surface area contributed by atoms with Crippen molar-refractivity contribution in [2.75, 3.05) is 59.0 Å². The zero-order chi connectivity index (χ0) is 18.3. The molecule has 4 rings (SSSR count). The van der Waals surface area contributed by atoms with Crippen LogP contribution in [0.15, 0.2) is 12.2 Å². The summed E-state index contributed by atoms with van der Waals surface area (Å²) in [6.07, 6.45) is 3.75. The number of likely N-dealkylation sites (tertiary alicyclic amines) is 1. The van der Waals surface area contributed by atoms with Crippen molar-refractivity contribution in [2.45, 2.75) is 25.6 Å². The van der Waals surface area contributed by atoms with Gasteiger partial charge in [-0.3, -0.25) is 9.59 Å². The molecule has 2 amide bonds. The zero-order valence-electron chi connectivity index (χ0n) is 15.7. The van der Waals surface area contributed by atoms with Crippen LogP contribution < -0.4 is 0 Å². The minimum atomic E-state index is -0.612. The third-order valence-electron chi connectivity index (χ3n) is 6.30. The Morgan fingerprint density at radius 3 is 2.77 bits per heavy atom. The summed E-state index contributed by atoms with van der Waals surface area (Å²) in [6.45, 7) is 10.6. The molecule has 4 aliphatic rings. The molecule has 3 saturated heterocycles. The van der Waals surface area contributed by atoms with Gasteiger partial charge >= 0.3 is 0 Å². The number of fused-ring (bicyclic) bond motifs is 1. The molecule has 0 aromatic heterocycles. The summed E-state index contributed by atoms with van der Waals surface area (Å²) in [7, 11) is 0. The standard InChI is InChI=1S/C19H29N3O4/c1-3-20-7-9-21(10-8-20)17(23)15-14-5-6-19(26-14)13-22(11-12-25-4-2)18(24)16(15)19/h5-6,14-16H,3-4,7-13H2,1-2H3. The molecule has 144 valence electrons. The summed E-state index contributed by atoms with van der Waals surface area (Å²) in [5.74, 6) is -0.627. The van der Waals surface area contributed by atoms with Crippen molar-refractivity contribution in [3.8, 4) is 0 Å². The molecule has 0 aromatic rings. The summed E-state index contributed by atoms with van der Waals surface area (Å²) in [4.78, 5) is 32.4. The lowest BCUT2D eigenvalue weighted by molar-refractivity contribution is -0.144. The maximum Gasteiger partial charge on any atom is 0.230 e. The number of hydrogen-bond acceptors (Lipinski definition) is 5. The van der Waals surface area contributed by atoms with Crippen molar-refractivity contribution < 1.29 is 19.1 Å². The van der Waals surface area contributed by atoms with Crippen LogP contribution in [0, 0.1) is 11.8 Å². The van der Waals surface area contributed by atoms with Gasteiger partial charge in [0.15, 0.2) is 0 Å². The molecule has 1 spiro atoms. The van der Waals surface area contributed by atoms with Crippen LogP contribution in [0.2, 0.25) is 0 Å². The fourth-order valence-corrected chi connectivity index (χ4v) is 4.86. The highest BCUT2D eigenvalue weighted by molar-refractivity contribution is 5.93. The number of hydrogen-bond donors (Lipinski definition) is 0. The third-order valence-corrected chi connectivity index (χ3v) is 6.30. The second kappa shape index (κ2) is 6.94. The monoisotopic (exact) mass is 363 g/mol. The average molecular weight is 363 g/mol. The highest BCUT2D eigenvalue weighted by Gasteiger charge is 2.67. The van der Waals surface area contributed by atoms with Crippen molar-refractivity contribution in [1.29, 1.82) is 0 Å². The first-order valence-electron chi connectivity index (χ1n) is 9.84. The molecule has 4 heterocycles. The van der Waals surface area contributed by atoms with E-state index in [1.165, 1.54) is 0 Å². The molecule has 0 N–H and O–H groups in total. The van der Waals surface area contributed by atoms with E-state index in [2.05, 4.69) is 11.8 Å². The van der Waals surface area contributed by atoms with Gasteiger partial charge in [0, 0.05) is 39.3 Å². The molecule has 4 atom stereocenters. The topological polar surface area (TPSA) is 62.3 Å². The lowest BCUT2D eigenvalue weighted by Crippen LogP contribution is -2.53. The predicted octanol–water partition coefficient (Wildman–Crippen LogP) is -0.0310. The molecule has 7 nitrogen and oxygen atoms in total. The van der Waals surface area contributed by atoms with Crippen LogP contribution >= 0.6 is 0 Å². The van der Waals surface area contributed by atoms with Crippen molar-refractivity contribution in [3.05, 3.63) is 12.2 Å². The quantitative estimate of drug-likeness (QED) is 0.490. The summed E-state index contributed by atoms with van der Waals surface area (Å²) in [5, 5.41) is 0. The Labute approximate surface area is 154 Å². The minimum absolute atomic E-state index is 0.0436. The Hall–Kier alpha value is -1.44. The Morgan fingerprint density at radius 2 is 2.08 bits per heavy atom. The zero-order valence-corrected chi connectivity index (χ0v) is 15.7. The molecule has 4 aliphatic heterocycles. The molecule has 0 aromatic carbocycles. The van der Waals surface area contributed by atoms with Crippen molar-refractivity contribution in [2.24, 2.45) is 11.8 Å². The summed E-state index contributed by atoms with van der Waals surface area (Å²) in [5.41, 5.74) is -0.612. The van der Waals surface area contributed by atoms with E-state index in [9.17, 15) is 9.59 Å². The van der Waals surface area contributed by atoms with Crippen molar-refractivity contribution >= 4 is 11.8 Å². The van der Waals surface area contributed by atoms with E-state index in [0.29, 0.717) is 26.3 Å². The van der Waals surface area contributed by atoms with Crippen LogP contribution in [0.25, 0.3) is 0 Å².